The Labute approximate surface area is 183 Å². The quantitative estimate of drug-likeness (QED) is 0.440. The summed E-state index contributed by atoms with van der Waals surface area (Å²) in [7, 11) is 0. The number of hydrogen-bond acceptors (Lipinski definition) is 5. The fraction of sp³-hybridized carbons (Fsp3) is 0.364. The van der Waals surface area contributed by atoms with Gasteiger partial charge in [-0.3, -0.25) is 19.7 Å². The molecule has 10 heteroatoms. The molecular formula is C22H24F2N4O4. The molecule has 2 N–H and O–H groups in total. The molecule has 170 valence electrons. The third kappa shape index (κ3) is 5.37. The van der Waals surface area contributed by atoms with E-state index in [0.29, 0.717) is 18.7 Å². The average Bonchev–Trinajstić information content (AvgIpc) is 3.49. The van der Waals surface area contributed by atoms with E-state index in [1.54, 1.807) is 15.9 Å². The van der Waals surface area contributed by atoms with Gasteiger partial charge in [0.1, 0.15) is 5.82 Å². The summed E-state index contributed by atoms with van der Waals surface area (Å²) >= 11 is 0. The van der Waals surface area contributed by atoms with Crippen LogP contribution < -0.4 is 5.73 Å². The number of nitrogens with two attached hydrogens (primary N) is 1. The summed E-state index contributed by atoms with van der Waals surface area (Å²) in [5, 5.41) is 10.4. The number of carbonyl (C=O) groups excluding carboxylic acids is 2. The van der Waals surface area contributed by atoms with Gasteiger partial charge < -0.3 is 15.5 Å². The molecule has 2 aliphatic rings. The molecule has 0 bridgehead atoms. The smallest absolute Gasteiger partial charge is 0.304 e. The lowest BCUT2D eigenvalue weighted by molar-refractivity contribution is -0.387. The number of amides is 2. The third-order valence-corrected chi connectivity index (χ3v) is 5.43. The predicted octanol–water partition coefficient (Wildman–Crippen LogP) is 3.61. The molecule has 0 spiro atoms. The average molecular weight is 446 g/mol. The molecule has 0 saturated carbocycles. The zero-order chi connectivity index (χ0) is 23.3. The van der Waals surface area contributed by atoms with Crippen LogP contribution in [0, 0.1) is 21.7 Å². The van der Waals surface area contributed by atoms with Crippen molar-refractivity contribution in [1.82, 2.24) is 9.80 Å². The minimum Gasteiger partial charge on any atom is -0.396 e. The lowest BCUT2D eigenvalue weighted by atomic mass is 10.1. The Morgan fingerprint density at radius 1 is 0.812 bits per heavy atom. The lowest BCUT2D eigenvalue weighted by Gasteiger charge is -2.15. The fourth-order valence-corrected chi connectivity index (χ4v) is 3.65. The number of carbonyl (C=O) groups is 2. The van der Waals surface area contributed by atoms with Gasteiger partial charge in [0.2, 0.25) is 5.82 Å². The molecule has 2 fully saturated rings. The molecule has 0 aromatic heterocycles. The van der Waals surface area contributed by atoms with Crippen LogP contribution in [0.2, 0.25) is 0 Å². The molecule has 0 atom stereocenters. The maximum atomic E-state index is 13.3. The molecule has 2 aliphatic heterocycles. The number of nitro benzene ring substituents is 1. The Bertz CT molecular complexity index is 1020. The van der Waals surface area contributed by atoms with Gasteiger partial charge in [-0.25, -0.2) is 4.39 Å². The summed E-state index contributed by atoms with van der Waals surface area (Å²) in [5.74, 6) is -1.87. The van der Waals surface area contributed by atoms with Crippen LogP contribution in [-0.2, 0) is 0 Å². The van der Waals surface area contributed by atoms with E-state index in [4.69, 9.17) is 5.73 Å². The summed E-state index contributed by atoms with van der Waals surface area (Å²) in [6.45, 7) is 2.87. The first-order valence-corrected chi connectivity index (χ1v) is 10.4. The van der Waals surface area contributed by atoms with Crippen molar-refractivity contribution >= 4 is 23.2 Å². The summed E-state index contributed by atoms with van der Waals surface area (Å²) in [6, 6.07) is 7.45. The Morgan fingerprint density at radius 2 is 1.25 bits per heavy atom. The second-order valence-corrected chi connectivity index (χ2v) is 7.66. The van der Waals surface area contributed by atoms with Gasteiger partial charge in [-0.2, -0.15) is 4.39 Å². The van der Waals surface area contributed by atoms with E-state index in [-0.39, 0.29) is 23.1 Å². The molecule has 2 heterocycles. The molecular weight excluding hydrogens is 422 g/mol. The van der Waals surface area contributed by atoms with Crippen molar-refractivity contribution in [3.8, 4) is 0 Å². The molecule has 0 unspecified atom stereocenters. The highest BCUT2D eigenvalue weighted by Crippen LogP contribution is 2.20. The number of nitrogens with zero attached hydrogens (tertiary/aromatic N) is 3. The Hall–Kier alpha value is -3.56. The van der Waals surface area contributed by atoms with Crippen LogP contribution in [0.15, 0.2) is 36.4 Å². The van der Waals surface area contributed by atoms with Crippen molar-refractivity contribution < 1.29 is 23.3 Å². The lowest BCUT2D eigenvalue weighted by Crippen LogP contribution is -2.27. The van der Waals surface area contributed by atoms with Gasteiger partial charge in [-0.1, -0.05) is 0 Å². The van der Waals surface area contributed by atoms with Gasteiger partial charge in [-0.05, 0) is 56.0 Å². The summed E-state index contributed by atoms with van der Waals surface area (Å²) in [6.07, 6.45) is 3.95. The van der Waals surface area contributed by atoms with Crippen LogP contribution in [0.3, 0.4) is 0 Å². The highest BCUT2D eigenvalue weighted by Gasteiger charge is 2.22. The van der Waals surface area contributed by atoms with Gasteiger partial charge >= 0.3 is 5.69 Å². The summed E-state index contributed by atoms with van der Waals surface area (Å²) < 4.78 is 26.5. The van der Waals surface area contributed by atoms with Crippen LogP contribution in [0.1, 0.15) is 46.4 Å². The fourth-order valence-electron chi connectivity index (χ4n) is 3.65. The highest BCUT2D eigenvalue weighted by atomic mass is 19.1. The Morgan fingerprint density at radius 3 is 1.66 bits per heavy atom. The second kappa shape index (κ2) is 10.2. The molecule has 2 saturated heterocycles. The largest absolute Gasteiger partial charge is 0.396 e. The second-order valence-electron chi connectivity index (χ2n) is 7.66. The summed E-state index contributed by atoms with van der Waals surface area (Å²) in [4.78, 5) is 36.7. The van der Waals surface area contributed by atoms with E-state index >= 15 is 0 Å². The van der Waals surface area contributed by atoms with Crippen LogP contribution in [0.25, 0.3) is 0 Å². The van der Waals surface area contributed by atoms with Crippen LogP contribution in [0.4, 0.5) is 20.2 Å². The molecule has 4 rings (SSSR count). The van der Waals surface area contributed by atoms with Crippen molar-refractivity contribution in [3.05, 3.63) is 69.3 Å². The van der Waals surface area contributed by atoms with Crippen LogP contribution >= 0.6 is 0 Å². The van der Waals surface area contributed by atoms with E-state index in [1.807, 2.05) is 0 Å². The molecule has 2 aromatic rings. The monoisotopic (exact) mass is 446 g/mol. The number of rotatable bonds is 3. The number of hydrogen-bond donors (Lipinski definition) is 1. The molecule has 2 amide bonds. The number of likely N-dealkylation sites (tertiary alicyclic amines) is 2. The Balaban J connectivity index is 0.000000182. The zero-order valence-electron chi connectivity index (χ0n) is 17.4. The zero-order valence-corrected chi connectivity index (χ0v) is 17.4. The highest BCUT2D eigenvalue weighted by molar-refractivity contribution is 5.95. The number of nitrogen functional groups attached to an aromatic ring is 1. The predicted molar refractivity (Wildman–Crippen MR) is 114 cm³/mol. The number of halogens is 2. The summed E-state index contributed by atoms with van der Waals surface area (Å²) in [5.41, 5.74) is 5.35. The van der Waals surface area contributed by atoms with Crippen LogP contribution in [-0.4, -0.2) is 52.7 Å². The SMILES string of the molecule is Nc1ccc(C(=O)N2CCCC2)cc1F.O=C(c1ccc([N+](=O)[O-])c(F)c1)N1CCCC1. The van der Waals surface area contributed by atoms with Crippen molar-refractivity contribution in [1.29, 1.82) is 0 Å². The normalized spacial score (nSPS) is 15.3. The van der Waals surface area contributed by atoms with E-state index < -0.39 is 22.2 Å². The van der Waals surface area contributed by atoms with Gasteiger partial charge in [0.05, 0.1) is 10.6 Å². The van der Waals surface area contributed by atoms with Crippen molar-refractivity contribution in [3.63, 3.8) is 0 Å². The van der Waals surface area contributed by atoms with E-state index in [1.165, 1.54) is 18.2 Å². The molecule has 8 nitrogen and oxygen atoms in total. The molecule has 0 aliphatic carbocycles. The van der Waals surface area contributed by atoms with Gasteiger partial charge in [0.15, 0.2) is 0 Å². The molecule has 32 heavy (non-hydrogen) atoms. The maximum Gasteiger partial charge on any atom is 0.304 e. The number of anilines is 1. The molecule has 2 aromatic carbocycles. The van der Waals surface area contributed by atoms with Crippen LogP contribution in [0.5, 0.6) is 0 Å². The van der Waals surface area contributed by atoms with Crippen molar-refractivity contribution in [2.45, 2.75) is 25.7 Å². The first-order valence-electron chi connectivity index (χ1n) is 10.4. The van der Waals surface area contributed by atoms with E-state index in [0.717, 1.165) is 50.9 Å². The van der Waals surface area contributed by atoms with E-state index in [9.17, 15) is 28.5 Å². The van der Waals surface area contributed by atoms with E-state index in [2.05, 4.69) is 0 Å². The number of nitro groups is 1. The van der Waals surface area contributed by atoms with Crippen molar-refractivity contribution in [2.75, 3.05) is 31.9 Å². The van der Waals surface area contributed by atoms with Gasteiger partial charge in [0, 0.05) is 43.4 Å². The minimum absolute atomic E-state index is 0.0768. The van der Waals surface area contributed by atoms with Crippen molar-refractivity contribution in [2.24, 2.45) is 0 Å². The van der Waals surface area contributed by atoms with Gasteiger partial charge in [0.25, 0.3) is 11.8 Å². The first-order chi connectivity index (χ1) is 15.3. The minimum atomic E-state index is -0.972. The van der Waals surface area contributed by atoms with Gasteiger partial charge in [-0.15, -0.1) is 0 Å². The first kappa shape index (κ1) is 23.1. The number of benzene rings is 2. The Kier molecular flexibility index (Phi) is 7.34. The standard InChI is InChI=1S/C11H11FN2O3.C11H13FN2O/c12-9-7-8(3-4-10(9)14(16)17)11(15)13-5-1-2-6-13;12-9-7-8(3-4-10(9)13)11(15)14-5-1-2-6-14/h3-4,7H,1-2,5-6H2;3-4,7H,1-2,5-6,13H2. The topological polar surface area (TPSA) is 110 Å². The third-order valence-electron chi connectivity index (χ3n) is 5.43. The molecule has 0 radical (unpaired) electrons. The maximum absolute atomic E-state index is 13.3.